The van der Waals surface area contributed by atoms with Crippen LogP contribution >= 0.6 is 11.6 Å². The Hall–Kier alpha value is -1.24. The third kappa shape index (κ3) is 2.61. The number of fused-ring (bicyclic) bond motifs is 1. The molecular weight excluding hydrogens is 254 g/mol. The SMILES string of the molecule is CCCNC(=O)Nc1ccc2c(c1Cl)B(O)OC2. The number of halogens is 1. The smallest absolute Gasteiger partial charge is 0.423 e. The third-order valence-corrected chi connectivity index (χ3v) is 3.10. The van der Waals surface area contributed by atoms with Crippen LogP contribution in [0, 0.1) is 0 Å². The van der Waals surface area contributed by atoms with E-state index < -0.39 is 7.12 Å². The average molecular weight is 269 g/mol. The number of carbonyl (C=O) groups is 1. The fourth-order valence-corrected chi connectivity index (χ4v) is 2.10. The predicted molar refractivity (Wildman–Crippen MR) is 71.2 cm³/mol. The van der Waals surface area contributed by atoms with Crippen LogP contribution in [0.15, 0.2) is 12.1 Å². The van der Waals surface area contributed by atoms with E-state index in [9.17, 15) is 9.82 Å². The summed E-state index contributed by atoms with van der Waals surface area (Å²) in [5.74, 6) is 0. The fourth-order valence-electron chi connectivity index (χ4n) is 1.78. The fraction of sp³-hybridized carbons (Fsp3) is 0.364. The molecule has 0 aromatic heterocycles. The highest BCUT2D eigenvalue weighted by Gasteiger charge is 2.31. The molecule has 1 aromatic rings. The van der Waals surface area contributed by atoms with E-state index in [1.807, 2.05) is 6.92 Å². The Balaban J connectivity index is 2.15. The van der Waals surface area contributed by atoms with Crippen molar-refractivity contribution in [2.75, 3.05) is 11.9 Å². The number of benzene rings is 1. The second kappa shape index (κ2) is 5.60. The van der Waals surface area contributed by atoms with Crippen molar-refractivity contribution in [3.63, 3.8) is 0 Å². The quantitative estimate of drug-likeness (QED) is 0.719. The second-order valence-corrected chi connectivity index (χ2v) is 4.42. The number of rotatable bonds is 3. The van der Waals surface area contributed by atoms with Crippen molar-refractivity contribution in [3.05, 3.63) is 22.7 Å². The molecule has 1 heterocycles. The summed E-state index contributed by atoms with van der Waals surface area (Å²) in [7, 11) is -1.02. The maximum atomic E-state index is 11.5. The topological polar surface area (TPSA) is 70.6 Å². The zero-order valence-corrected chi connectivity index (χ0v) is 10.8. The van der Waals surface area contributed by atoms with Crippen molar-refractivity contribution >= 4 is 35.9 Å². The number of nitrogens with one attached hydrogen (secondary N) is 2. The van der Waals surface area contributed by atoms with Crippen LogP contribution in [0.2, 0.25) is 5.02 Å². The van der Waals surface area contributed by atoms with E-state index in [4.69, 9.17) is 16.3 Å². The summed E-state index contributed by atoms with van der Waals surface area (Å²) in [6.07, 6.45) is 0.859. The van der Waals surface area contributed by atoms with Crippen molar-refractivity contribution < 1.29 is 14.5 Å². The Bertz CT molecular complexity index is 470. The molecule has 3 N–H and O–H groups in total. The lowest BCUT2D eigenvalue weighted by atomic mass is 9.79. The lowest BCUT2D eigenvalue weighted by Crippen LogP contribution is -2.32. The number of urea groups is 1. The van der Waals surface area contributed by atoms with E-state index >= 15 is 0 Å². The predicted octanol–water partition coefficient (Wildman–Crippen LogP) is 1.09. The summed E-state index contributed by atoms with van der Waals surface area (Å²) in [5.41, 5.74) is 1.84. The van der Waals surface area contributed by atoms with Gasteiger partial charge in [0.25, 0.3) is 0 Å². The molecule has 0 spiro atoms. The third-order valence-electron chi connectivity index (χ3n) is 2.70. The van der Waals surface area contributed by atoms with Crippen LogP contribution < -0.4 is 16.1 Å². The first-order chi connectivity index (χ1) is 8.63. The minimum absolute atomic E-state index is 0.313. The summed E-state index contributed by atoms with van der Waals surface area (Å²) in [6, 6.07) is 3.17. The van der Waals surface area contributed by atoms with E-state index in [0.717, 1.165) is 12.0 Å². The highest BCUT2D eigenvalue weighted by atomic mass is 35.5. The van der Waals surface area contributed by atoms with Gasteiger partial charge in [-0.1, -0.05) is 24.6 Å². The van der Waals surface area contributed by atoms with Crippen molar-refractivity contribution in [1.82, 2.24) is 5.32 Å². The summed E-state index contributed by atoms with van der Waals surface area (Å²) in [4.78, 5) is 11.5. The molecule has 0 bridgehead atoms. The molecule has 1 aliphatic rings. The first-order valence-electron chi connectivity index (χ1n) is 5.79. The van der Waals surface area contributed by atoms with Gasteiger partial charge in [-0.3, -0.25) is 0 Å². The summed E-state index contributed by atoms with van der Waals surface area (Å²) >= 11 is 6.14. The molecule has 0 atom stereocenters. The summed E-state index contributed by atoms with van der Waals surface area (Å²) in [6.45, 7) is 2.90. The standard InChI is InChI=1S/C11H14BClN2O3/c1-2-5-14-11(16)15-8-4-3-7-6-18-12(17)9(7)10(8)13/h3-4,17H,2,5-6H2,1H3,(H2,14,15,16). The molecule has 0 saturated carbocycles. The van der Waals surface area contributed by atoms with Gasteiger partial charge in [0.15, 0.2) is 0 Å². The molecule has 5 nitrogen and oxygen atoms in total. The van der Waals surface area contributed by atoms with E-state index in [2.05, 4.69) is 10.6 Å². The number of carbonyl (C=O) groups excluding carboxylic acids is 1. The normalized spacial score (nSPS) is 13.4. The van der Waals surface area contributed by atoms with Crippen molar-refractivity contribution in [2.24, 2.45) is 0 Å². The molecule has 2 rings (SSSR count). The van der Waals surface area contributed by atoms with Gasteiger partial charge in [0.1, 0.15) is 0 Å². The first-order valence-corrected chi connectivity index (χ1v) is 6.17. The number of amides is 2. The van der Waals surface area contributed by atoms with Gasteiger partial charge >= 0.3 is 13.1 Å². The minimum atomic E-state index is -1.02. The number of hydrogen-bond acceptors (Lipinski definition) is 3. The Morgan fingerprint density at radius 3 is 3.11 bits per heavy atom. The monoisotopic (exact) mass is 268 g/mol. The Labute approximate surface area is 111 Å². The van der Waals surface area contributed by atoms with Crippen LogP contribution in [0.3, 0.4) is 0 Å². The molecule has 0 fully saturated rings. The molecule has 0 radical (unpaired) electrons. The van der Waals surface area contributed by atoms with Crippen molar-refractivity contribution in [2.45, 2.75) is 20.0 Å². The largest absolute Gasteiger partial charge is 0.493 e. The van der Waals surface area contributed by atoms with Gasteiger partial charge in [-0.2, -0.15) is 0 Å². The van der Waals surface area contributed by atoms with Crippen molar-refractivity contribution in [1.29, 1.82) is 0 Å². The molecule has 2 amide bonds. The van der Waals surface area contributed by atoms with Crippen LogP contribution in [-0.4, -0.2) is 24.7 Å². The maximum Gasteiger partial charge on any atom is 0.493 e. The molecule has 18 heavy (non-hydrogen) atoms. The lowest BCUT2D eigenvalue weighted by Gasteiger charge is -2.11. The Morgan fingerprint density at radius 2 is 2.39 bits per heavy atom. The Kier molecular flexibility index (Phi) is 4.11. The molecule has 0 aliphatic carbocycles. The van der Waals surface area contributed by atoms with Gasteiger partial charge in [-0.05, 0) is 18.1 Å². The van der Waals surface area contributed by atoms with Gasteiger partial charge in [-0.25, -0.2) is 4.79 Å². The van der Waals surface area contributed by atoms with E-state index in [1.165, 1.54) is 0 Å². The molecule has 1 aliphatic heterocycles. The van der Waals surface area contributed by atoms with Crippen molar-refractivity contribution in [3.8, 4) is 0 Å². The maximum absolute atomic E-state index is 11.5. The van der Waals surface area contributed by atoms with Gasteiger partial charge in [0.05, 0.1) is 17.3 Å². The van der Waals surface area contributed by atoms with Gasteiger partial charge in [-0.15, -0.1) is 0 Å². The Morgan fingerprint density at radius 1 is 1.61 bits per heavy atom. The molecule has 1 aromatic carbocycles. The number of anilines is 1. The molecule has 7 heteroatoms. The van der Waals surface area contributed by atoms with E-state index in [-0.39, 0.29) is 6.03 Å². The average Bonchev–Trinajstić information content (AvgIpc) is 2.73. The summed E-state index contributed by atoms with van der Waals surface area (Å²) in [5, 5.41) is 15.3. The summed E-state index contributed by atoms with van der Waals surface area (Å²) < 4.78 is 5.07. The zero-order valence-electron chi connectivity index (χ0n) is 10.00. The highest BCUT2D eigenvalue weighted by molar-refractivity contribution is 6.66. The van der Waals surface area contributed by atoms with Crippen LogP contribution in [0.25, 0.3) is 0 Å². The van der Waals surface area contributed by atoms with Gasteiger partial charge < -0.3 is 20.3 Å². The van der Waals surface area contributed by atoms with Crippen LogP contribution in [0.5, 0.6) is 0 Å². The van der Waals surface area contributed by atoms with Crippen LogP contribution in [-0.2, 0) is 11.3 Å². The van der Waals surface area contributed by atoms with Gasteiger partial charge in [0.2, 0.25) is 0 Å². The molecule has 96 valence electrons. The van der Waals surface area contributed by atoms with Crippen LogP contribution in [0.4, 0.5) is 10.5 Å². The highest BCUT2D eigenvalue weighted by Crippen LogP contribution is 2.25. The lowest BCUT2D eigenvalue weighted by molar-refractivity contribution is 0.252. The first kappa shape index (κ1) is 13.2. The van der Waals surface area contributed by atoms with Crippen LogP contribution in [0.1, 0.15) is 18.9 Å². The zero-order chi connectivity index (χ0) is 13.1. The number of hydrogen-bond donors (Lipinski definition) is 3. The molecular formula is C11H14BClN2O3. The molecule has 0 saturated heterocycles. The molecule has 0 unspecified atom stereocenters. The van der Waals surface area contributed by atoms with E-state index in [1.54, 1.807) is 12.1 Å². The minimum Gasteiger partial charge on any atom is -0.423 e. The van der Waals surface area contributed by atoms with E-state index in [0.29, 0.717) is 29.3 Å². The van der Waals surface area contributed by atoms with Gasteiger partial charge in [0, 0.05) is 12.0 Å². The second-order valence-electron chi connectivity index (χ2n) is 4.04.